The number of halogens is 1. The van der Waals surface area contributed by atoms with Gasteiger partial charge in [-0.05, 0) is 31.6 Å². The molecule has 3 N–H and O–H groups in total. The summed E-state index contributed by atoms with van der Waals surface area (Å²) in [4.78, 5) is 4.25. The summed E-state index contributed by atoms with van der Waals surface area (Å²) < 4.78 is 5.23. The van der Waals surface area contributed by atoms with Gasteiger partial charge in [-0.2, -0.15) is 0 Å². The Hall–Kier alpha value is -0.0400. The SMILES string of the molecule is CCOCCCN=C(N)NCCCCC(C)(C)C.I. The minimum absolute atomic E-state index is 0. The van der Waals surface area contributed by atoms with E-state index < -0.39 is 0 Å². The van der Waals surface area contributed by atoms with E-state index in [4.69, 9.17) is 10.5 Å². The Labute approximate surface area is 136 Å². The number of guanidine groups is 1. The Balaban J connectivity index is 0. The third kappa shape index (κ3) is 18.0. The molecule has 0 aromatic carbocycles. The molecule has 0 amide bonds. The number of hydrogen-bond acceptors (Lipinski definition) is 2. The van der Waals surface area contributed by atoms with E-state index in [1.165, 1.54) is 12.8 Å². The zero-order valence-corrected chi connectivity index (χ0v) is 15.3. The van der Waals surface area contributed by atoms with Crippen LogP contribution in [0.25, 0.3) is 0 Å². The fourth-order valence-corrected chi connectivity index (χ4v) is 1.56. The molecule has 0 saturated heterocycles. The lowest BCUT2D eigenvalue weighted by Gasteiger charge is -2.17. The topological polar surface area (TPSA) is 59.6 Å². The third-order valence-electron chi connectivity index (χ3n) is 2.59. The molecule has 0 unspecified atom stereocenters. The van der Waals surface area contributed by atoms with Gasteiger partial charge >= 0.3 is 0 Å². The van der Waals surface area contributed by atoms with E-state index in [-0.39, 0.29) is 24.0 Å². The summed E-state index contributed by atoms with van der Waals surface area (Å²) in [5, 5.41) is 3.15. The fourth-order valence-electron chi connectivity index (χ4n) is 1.56. The van der Waals surface area contributed by atoms with Crippen molar-refractivity contribution in [2.75, 3.05) is 26.3 Å². The highest BCUT2D eigenvalue weighted by atomic mass is 127. The molecule has 0 spiro atoms. The standard InChI is InChI=1S/C14H31N3O.HI/c1-5-18-12-8-11-17-13(15)16-10-7-6-9-14(2,3)4;/h5-12H2,1-4H3,(H3,15,16,17);1H. The van der Waals surface area contributed by atoms with Crippen molar-refractivity contribution in [1.82, 2.24) is 5.32 Å². The van der Waals surface area contributed by atoms with Gasteiger partial charge in [0.25, 0.3) is 0 Å². The second-order valence-electron chi connectivity index (χ2n) is 5.76. The smallest absolute Gasteiger partial charge is 0.188 e. The summed E-state index contributed by atoms with van der Waals surface area (Å²) in [7, 11) is 0. The van der Waals surface area contributed by atoms with Gasteiger partial charge in [0.05, 0.1) is 0 Å². The van der Waals surface area contributed by atoms with E-state index in [0.717, 1.165) is 39.1 Å². The van der Waals surface area contributed by atoms with Crippen molar-refractivity contribution < 1.29 is 4.74 Å². The van der Waals surface area contributed by atoms with Crippen LogP contribution in [0.15, 0.2) is 4.99 Å². The minimum Gasteiger partial charge on any atom is -0.382 e. The predicted molar refractivity (Wildman–Crippen MR) is 94.3 cm³/mol. The molecule has 0 aromatic rings. The van der Waals surface area contributed by atoms with Gasteiger partial charge in [0.2, 0.25) is 0 Å². The molecule has 0 rings (SSSR count). The molecule has 0 fully saturated rings. The first kappa shape index (κ1) is 21.3. The summed E-state index contributed by atoms with van der Waals surface area (Å²) in [6, 6.07) is 0. The number of hydrogen-bond donors (Lipinski definition) is 2. The van der Waals surface area contributed by atoms with E-state index >= 15 is 0 Å². The summed E-state index contributed by atoms with van der Waals surface area (Å²) in [6.07, 6.45) is 4.56. The number of ether oxygens (including phenoxy) is 1. The number of aliphatic imine (C=N–C) groups is 1. The first-order valence-electron chi connectivity index (χ1n) is 7.07. The van der Waals surface area contributed by atoms with Crippen LogP contribution >= 0.6 is 24.0 Å². The molecule has 19 heavy (non-hydrogen) atoms. The third-order valence-corrected chi connectivity index (χ3v) is 2.59. The van der Waals surface area contributed by atoms with Crippen molar-refractivity contribution >= 4 is 29.9 Å². The number of unbranched alkanes of at least 4 members (excludes halogenated alkanes) is 1. The largest absolute Gasteiger partial charge is 0.382 e. The Bertz CT molecular complexity index is 227. The zero-order chi connectivity index (χ0) is 13.9. The van der Waals surface area contributed by atoms with Crippen LogP contribution in [0.1, 0.15) is 53.4 Å². The summed E-state index contributed by atoms with van der Waals surface area (Å²) in [5.74, 6) is 0.558. The van der Waals surface area contributed by atoms with Gasteiger partial charge in [-0.3, -0.25) is 4.99 Å². The van der Waals surface area contributed by atoms with Gasteiger partial charge in [-0.1, -0.05) is 27.2 Å². The van der Waals surface area contributed by atoms with Gasteiger partial charge in [-0.15, -0.1) is 24.0 Å². The normalized spacial score (nSPS) is 12.1. The lowest BCUT2D eigenvalue weighted by Crippen LogP contribution is -2.32. The highest BCUT2D eigenvalue weighted by Gasteiger charge is 2.08. The van der Waals surface area contributed by atoms with Crippen molar-refractivity contribution in [3.63, 3.8) is 0 Å². The average Bonchev–Trinajstić information content (AvgIpc) is 2.27. The molecule has 0 bridgehead atoms. The lowest BCUT2D eigenvalue weighted by atomic mass is 9.90. The van der Waals surface area contributed by atoms with Crippen molar-refractivity contribution in [3.8, 4) is 0 Å². The molecule has 116 valence electrons. The average molecular weight is 385 g/mol. The maximum absolute atomic E-state index is 5.75. The van der Waals surface area contributed by atoms with Crippen LogP contribution < -0.4 is 11.1 Å². The maximum Gasteiger partial charge on any atom is 0.188 e. The Kier molecular flexibility index (Phi) is 14.5. The molecular formula is C14H32IN3O. The molecule has 0 aliphatic carbocycles. The number of nitrogens with zero attached hydrogens (tertiary/aromatic N) is 1. The Morgan fingerprint density at radius 2 is 1.89 bits per heavy atom. The molecule has 0 heterocycles. The van der Waals surface area contributed by atoms with Crippen molar-refractivity contribution in [3.05, 3.63) is 0 Å². The summed E-state index contributed by atoms with van der Waals surface area (Å²) >= 11 is 0. The number of nitrogens with two attached hydrogens (primary N) is 1. The lowest BCUT2D eigenvalue weighted by molar-refractivity contribution is 0.146. The van der Waals surface area contributed by atoms with E-state index in [2.05, 4.69) is 31.1 Å². The molecular weight excluding hydrogens is 353 g/mol. The summed E-state index contributed by atoms with van der Waals surface area (Å²) in [6.45, 7) is 12.0. The van der Waals surface area contributed by atoms with E-state index in [9.17, 15) is 0 Å². The first-order chi connectivity index (χ1) is 8.45. The van der Waals surface area contributed by atoms with Gasteiger partial charge in [0, 0.05) is 26.3 Å². The summed E-state index contributed by atoms with van der Waals surface area (Å²) in [5.41, 5.74) is 6.18. The monoisotopic (exact) mass is 385 g/mol. The van der Waals surface area contributed by atoms with E-state index in [1.807, 2.05) is 6.92 Å². The molecule has 0 radical (unpaired) electrons. The van der Waals surface area contributed by atoms with Crippen LogP contribution in [0, 0.1) is 5.41 Å². The van der Waals surface area contributed by atoms with Crippen molar-refractivity contribution in [1.29, 1.82) is 0 Å². The zero-order valence-electron chi connectivity index (χ0n) is 13.0. The Morgan fingerprint density at radius 1 is 1.21 bits per heavy atom. The molecule has 0 aliphatic rings. The van der Waals surface area contributed by atoms with Gasteiger partial charge < -0.3 is 15.8 Å². The van der Waals surface area contributed by atoms with Gasteiger partial charge in [-0.25, -0.2) is 0 Å². The highest BCUT2D eigenvalue weighted by molar-refractivity contribution is 14.0. The van der Waals surface area contributed by atoms with Crippen LogP contribution in [0.2, 0.25) is 0 Å². The molecule has 0 atom stereocenters. The number of rotatable bonds is 9. The fraction of sp³-hybridized carbons (Fsp3) is 0.929. The molecule has 0 aliphatic heterocycles. The van der Waals surface area contributed by atoms with E-state index in [0.29, 0.717) is 11.4 Å². The van der Waals surface area contributed by atoms with Crippen LogP contribution in [-0.2, 0) is 4.74 Å². The highest BCUT2D eigenvalue weighted by Crippen LogP contribution is 2.20. The minimum atomic E-state index is 0. The molecule has 4 nitrogen and oxygen atoms in total. The van der Waals surface area contributed by atoms with Gasteiger partial charge in [0.15, 0.2) is 5.96 Å². The maximum atomic E-state index is 5.75. The van der Waals surface area contributed by atoms with Crippen LogP contribution in [0.5, 0.6) is 0 Å². The first-order valence-corrected chi connectivity index (χ1v) is 7.07. The quantitative estimate of drug-likeness (QED) is 0.277. The van der Waals surface area contributed by atoms with Crippen molar-refractivity contribution in [2.45, 2.75) is 53.4 Å². The molecule has 0 aromatic heterocycles. The van der Waals surface area contributed by atoms with Crippen LogP contribution in [0.4, 0.5) is 0 Å². The van der Waals surface area contributed by atoms with Crippen molar-refractivity contribution in [2.24, 2.45) is 16.1 Å². The van der Waals surface area contributed by atoms with Gasteiger partial charge in [0.1, 0.15) is 0 Å². The van der Waals surface area contributed by atoms with Crippen LogP contribution in [-0.4, -0.2) is 32.3 Å². The second-order valence-corrected chi connectivity index (χ2v) is 5.76. The molecule has 0 saturated carbocycles. The Morgan fingerprint density at radius 3 is 2.47 bits per heavy atom. The predicted octanol–water partition coefficient (Wildman–Crippen LogP) is 3.15. The van der Waals surface area contributed by atoms with Crippen LogP contribution in [0.3, 0.4) is 0 Å². The second kappa shape index (κ2) is 13.0. The van der Waals surface area contributed by atoms with E-state index in [1.54, 1.807) is 0 Å². The number of nitrogens with one attached hydrogen (secondary N) is 1. The molecule has 5 heteroatoms.